The van der Waals surface area contributed by atoms with E-state index >= 15 is 0 Å². The molecule has 0 spiro atoms. The minimum absolute atomic E-state index is 0.319. The number of carbonyl (C=O) groups is 2. The Labute approximate surface area is 152 Å². The van der Waals surface area contributed by atoms with E-state index in [9.17, 15) is 14.7 Å². The van der Waals surface area contributed by atoms with Gasteiger partial charge in [0.25, 0.3) is 0 Å². The largest absolute Gasteiger partial charge is 0.497 e. The Balaban J connectivity index is 2.16. The van der Waals surface area contributed by atoms with Crippen LogP contribution >= 0.6 is 0 Å². The van der Waals surface area contributed by atoms with E-state index in [2.05, 4.69) is 5.32 Å². The molecule has 6 heteroatoms. The number of carboxylic acid groups (broad SMARTS) is 1. The lowest BCUT2D eigenvalue weighted by molar-refractivity contribution is -0.145. The van der Waals surface area contributed by atoms with Crippen molar-refractivity contribution < 1.29 is 24.2 Å². The van der Waals surface area contributed by atoms with Crippen molar-refractivity contribution in [3.8, 4) is 11.5 Å². The van der Waals surface area contributed by atoms with Crippen molar-refractivity contribution in [3.05, 3.63) is 54.1 Å². The zero-order chi connectivity index (χ0) is 19.1. The number of hydrogen-bond donors (Lipinski definition) is 2. The first-order valence-corrected chi connectivity index (χ1v) is 8.25. The molecule has 0 bridgehead atoms. The molecule has 0 fully saturated rings. The monoisotopic (exact) mass is 357 g/mol. The second-order valence-corrected chi connectivity index (χ2v) is 6.00. The molecule has 0 unspecified atom stereocenters. The van der Waals surface area contributed by atoms with Crippen molar-refractivity contribution in [2.75, 3.05) is 19.5 Å². The lowest BCUT2D eigenvalue weighted by atomic mass is 9.87. The summed E-state index contributed by atoms with van der Waals surface area (Å²) in [5, 5.41) is 12.2. The summed E-state index contributed by atoms with van der Waals surface area (Å²) in [7, 11) is 3.14. The van der Waals surface area contributed by atoms with Crippen LogP contribution in [-0.4, -0.2) is 31.2 Å². The molecule has 0 aliphatic carbocycles. The minimum atomic E-state index is -1.01. The third kappa shape index (κ3) is 4.99. The van der Waals surface area contributed by atoms with Gasteiger partial charge in [0.2, 0.25) is 5.91 Å². The molecule has 0 radical (unpaired) electrons. The van der Waals surface area contributed by atoms with Crippen LogP contribution in [-0.2, 0) is 16.0 Å². The number of anilines is 1. The minimum Gasteiger partial charge on any atom is -0.497 e. The molecule has 0 aliphatic heterocycles. The fourth-order valence-electron chi connectivity index (χ4n) is 2.59. The Kier molecular flexibility index (Phi) is 6.60. The lowest BCUT2D eigenvalue weighted by Crippen LogP contribution is -2.33. The molecule has 0 saturated carbocycles. The number of carboxylic acids is 1. The summed E-state index contributed by atoms with van der Waals surface area (Å²) in [6.45, 7) is 1.55. The van der Waals surface area contributed by atoms with Crippen LogP contribution in [0.3, 0.4) is 0 Å². The van der Waals surface area contributed by atoms with Crippen LogP contribution in [0, 0.1) is 11.8 Å². The summed E-state index contributed by atoms with van der Waals surface area (Å²) >= 11 is 0. The molecule has 0 heterocycles. The summed E-state index contributed by atoms with van der Waals surface area (Å²) in [6.07, 6.45) is 0.319. The van der Waals surface area contributed by atoms with Crippen molar-refractivity contribution >= 4 is 17.6 Å². The van der Waals surface area contributed by atoms with Gasteiger partial charge in [-0.05, 0) is 48.4 Å². The van der Waals surface area contributed by atoms with Gasteiger partial charge in [-0.15, -0.1) is 0 Å². The van der Waals surface area contributed by atoms with Crippen molar-refractivity contribution in [1.82, 2.24) is 0 Å². The molecule has 138 valence electrons. The smallest absolute Gasteiger partial charge is 0.307 e. The van der Waals surface area contributed by atoms with Crippen LogP contribution in [0.15, 0.2) is 48.5 Å². The van der Waals surface area contributed by atoms with Gasteiger partial charge < -0.3 is 19.9 Å². The van der Waals surface area contributed by atoms with E-state index in [4.69, 9.17) is 9.47 Å². The number of rotatable bonds is 8. The zero-order valence-corrected chi connectivity index (χ0v) is 15.1. The molecule has 6 nitrogen and oxygen atoms in total. The zero-order valence-electron chi connectivity index (χ0n) is 15.1. The summed E-state index contributed by atoms with van der Waals surface area (Å²) < 4.78 is 10.2. The summed E-state index contributed by atoms with van der Waals surface area (Å²) in [4.78, 5) is 24.2. The Morgan fingerprint density at radius 2 is 1.46 bits per heavy atom. The molecule has 0 saturated heterocycles. The van der Waals surface area contributed by atoms with E-state index in [1.807, 2.05) is 12.1 Å². The fourth-order valence-corrected chi connectivity index (χ4v) is 2.59. The molecule has 2 rings (SSSR count). The first kappa shape index (κ1) is 19.3. The highest BCUT2D eigenvalue weighted by atomic mass is 16.5. The normalized spacial score (nSPS) is 12.7. The molecular formula is C20H23NO5. The molecule has 0 aliphatic rings. The van der Waals surface area contributed by atoms with E-state index in [1.54, 1.807) is 57.5 Å². The van der Waals surface area contributed by atoms with Gasteiger partial charge in [-0.3, -0.25) is 9.59 Å². The number of hydrogen-bond acceptors (Lipinski definition) is 4. The number of aliphatic carboxylic acids is 1. The van der Waals surface area contributed by atoms with Crippen LogP contribution in [0.1, 0.15) is 12.5 Å². The van der Waals surface area contributed by atoms with Crippen molar-refractivity contribution in [1.29, 1.82) is 0 Å². The maximum atomic E-state index is 12.7. The number of benzene rings is 2. The maximum Gasteiger partial charge on any atom is 0.307 e. The van der Waals surface area contributed by atoms with Crippen LogP contribution in [0.2, 0.25) is 0 Å². The molecule has 26 heavy (non-hydrogen) atoms. The average molecular weight is 357 g/mol. The maximum absolute atomic E-state index is 12.7. The van der Waals surface area contributed by atoms with Crippen molar-refractivity contribution in [2.45, 2.75) is 13.3 Å². The predicted octanol–water partition coefficient (Wildman–Crippen LogP) is 3.22. The third-order valence-electron chi connectivity index (χ3n) is 4.30. The topological polar surface area (TPSA) is 84.9 Å². The van der Waals surface area contributed by atoms with Gasteiger partial charge >= 0.3 is 5.97 Å². The highest BCUT2D eigenvalue weighted by Crippen LogP contribution is 2.23. The highest BCUT2D eigenvalue weighted by molar-refractivity contribution is 5.95. The van der Waals surface area contributed by atoms with E-state index in [1.165, 1.54) is 0 Å². The molecule has 2 aromatic rings. The molecule has 0 aromatic heterocycles. The van der Waals surface area contributed by atoms with Gasteiger partial charge in [-0.25, -0.2) is 0 Å². The van der Waals surface area contributed by atoms with E-state index < -0.39 is 17.8 Å². The van der Waals surface area contributed by atoms with Crippen LogP contribution in [0.4, 0.5) is 5.69 Å². The average Bonchev–Trinajstić information content (AvgIpc) is 2.66. The van der Waals surface area contributed by atoms with E-state index in [0.717, 1.165) is 5.56 Å². The number of ether oxygens (including phenoxy) is 2. The van der Waals surface area contributed by atoms with Crippen molar-refractivity contribution in [2.24, 2.45) is 11.8 Å². The highest BCUT2D eigenvalue weighted by Gasteiger charge is 2.30. The number of nitrogens with one attached hydrogen (secondary N) is 1. The van der Waals surface area contributed by atoms with Gasteiger partial charge in [-0.2, -0.15) is 0 Å². The van der Waals surface area contributed by atoms with E-state index in [0.29, 0.717) is 23.6 Å². The Bertz CT molecular complexity index is 740. The standard InChI is InChI=1S/C20H23NO5/c1-13(20(23)24)18(12-14-4-8-16(25-2)9-5-14)19(22)21-15-6-10-17(26-3)11-7-15/h4-11,13,18H,12H2,1-3H3,(H,21,22)(H,23,24)/t13-,18+/m1/s1. The number of methoxy groups -OCH3 is 2. The molecular weight excluding hydrogens is 334 g/mol. The Hall–Kier alpha value is -3.02. The number of carbonyl (C=O) groups excluding carboxylic acids is 1. The molecule has 2 atom stereocenters. The summed E-state index contributed by atoms with van der Waals surface area (Å²) in [5.74, 6) is -1.48. The first-order chi connectivity index (χ1) is 12.4. The predicted molar refractivity (Wildman–Crippen MR) is 98.6 cm³/mol. The summed E-state index contributed by atoms with van der Waals surface area (Å²) in [5.41, 5.74) is 1.46. The summed E-state index contributed by atoms with van der Waals surface area (Å²) in [6, 6.07) is 14.1. The molecule has 2 aromatic carbocycles. The second kappa shape index (κ2) is 8.89. The van der Waals surface area contributed by atoms with Gasteiger partial charge in [0, 0.05) is 5.69 Å². The molecule has 2 N–H and O–H groups in total. The van der Waals surface area contributed by atoms with Crippen LogP contribution < -0.4 is 14.8 Å². The van der Waals surface area contributed by atoms with E-state index in [-0.39, 0.29) is 5.91 Å². The first-order valence-electron chi connectivity index (χ1n) is 8.25. The molecule has 1 amide bonds. The SMILES string of the molecule is COc1ccc(C[C@H](C(=O)Nc2ccc(OC)cc2)[C@@H](C)C(=O)O)cc1. The van der Waals surface area contributed by atoms with Gasteiger partial charge in [0.05, 0.1) is 26.1 Å². The van der Waals surface area contributed by atoms with Gasteiger partial charge in [0.1, 0.15) is 11.5 Å². The van der Waals surface area contributed by atoms with Crippen LogP contribution in [0.25, 0.3) is 0 Å². The van der Waals surface area contributed by atoms with Crippen molar-refractivity contribution in [3.63, 3.8) is 0 Å². The van der Waals surface area contributed by atoms with Crippen LogP contribution in [0.5, 0.6) is 11.5 Å². The third-order valence-corrected chi connectivity index (χ3v) is 4.30. The Morgan fingerprint density at radius 3 is 1.92 bits per heavy atom. The van der Waals surface area contributed by atoms with Gasteiger partial charge in [0.15, 0.2) is 0 Å². The fraction of sp³-hybridized carbons (Fsp3) is 0.300. The second-order valence-electron chi connectivity index (χ2n) is 6.00. The number of amides is 1. The quantitative estimate of drug-likeness (QED) is 0.758. The lowest BCUT2D eigenvalue weighted by Gasteiger charge is -2.21. The Morgan fingerprint density at radius 1 is 0.962 bits per heavy atom. The van der Waals surface area contributed by atoms with Gasteiger partial charge in [-0.1, -0.05) is 19.1 Å².